The minimum atomic E-state index is 0.302. The molecule has 0 aliphatic carbocycles. The Hall–Kier alpha value is -1.54. The van der Waals surface area contributed by atoms with E-state index in [1.807, 2.05) is 12.4 Å². The van der Waals surface area contributed by atoms with Gasteiger partial charge in [0.1, 0.15) is 10.8 Å². The van der Waals surface area contributed by atoms with Gasteiger partial charge in [0.15, 0.2) is 0 Å². The molecule has 1 aliphatic heterocycles. The first-order valence-corrected chi connectivity index (χ1v) is 9.47. The molecule has 0 saturated carbocycles. The molecule has 3 aromatic heterocycles. The Balaban J connectivity index is 1.53. The second-order valence-electron chi connectivity index (χ2n) is 5.71. The van der Waals surface area contributed by atoms with Crippen molar-refractivity contribution in [3.8, 4) is 9.88 Å². The third kappa shape index (κ3) is 3.10. The van der Waals surface area contributed by atoms with Crippen LogP contribution in [0.1, 0.15) is 17.6 Å². The molecule has 0 amide bonds. The fourth-order valence-corrected chi connectivity index (χ4v) is 4.61. The summed E-state index contributed by atoms with van der Waals surface area (Å²) in [6.07, 6.45) is 3.89. The summed E-state index contributed by atoms with van der Waals surface area (Å²) < 4.78 is 2.11. The van der Waals surface area contributed by atoms with E-state index in [0.29, 0.717) is 6.04 Å². The van der Waals surface area contributed by atoms with E-state index in [1.54, 1.807) is 22.7 Å². The average molecular weight is 345 g/mol. The van der Waals surface area contributed by atoms with Crippen molar-refractivity contribution < 1.29 is 0 Å². The van der Waals surface area contributed by atoms with Crippen LogP contribution in [0.5, 0.6) is 0 Å². The van der Waals surface area contributed by atoms with Crippen molar-refractivity contribution in [1.82, 2.24) is 24.8 Å². The molecule has 1 atom stereocenters. The molecule has 0 spiro atoms. The number of imidazole rings is 1. The van der Waals surface area contributed by atoms with Gasteiger partial charge in [0.2, 0.25) is 0 Å². The first-order valence-electron chi connectivity index (χ1n) is 7.71. The van der Waals surface area contributed by atoms with Gasteiger partial charge in [-0.25, -0.2) is 9.97 Å². The van der Waals surface area contributed by atoms with Gasteiger partial charge in [-0.2, -0.15) is 0 Å². The zero-order chi connectivity index (χ0) is 15.6. The van der Waals surface area contributed by atoms with Crippen molar-refractivity contribution in [2.24, 2.45) is 7.05 Å². The Morgan fingerprint density at radius 3 is 3.13 bits per heavy atom. The number of thiophene rings is 1. The Kier molecular flexibility index (Phi) is 4.26. The van der Waals surface area contributed by atoms with Gasteiger partial charge < -0.3 is 9.88 Å². The Morgan fingerprint density at radius 1 is 1.39 bits per heavy atom. The van der Waals surface area contributed by atoms with Crippen molar-refractivity contribution in [1.29, 1.82) is 0 Å². The molecule has 4 rings (SSSR count). The van der Waals surface area contributed by atoms with Gasteiger partial charge in [-0.1, -0.05) is 6.07 Å². The van der Waals surface area contributed by atoms with Gasteiger partial charge in [-0.15, -0.1) is 22.7 Å². The summed E-state index contributed by atoms with van der Waals surface area (Å²) in [5.74, 6) is 1.12. The molecule has 7 heteroatoms. The molecule has 23 heavy (non-hydrogen) atoms. The van der Waals surface area contributed by atoms with E-state index in [9.17, 15) is 0 Å². The molecule has 1 fully saturated rings. The van der Waals surface area contributed by atoms with Crippen LogP contribution < -0.4 is 5.32 Å². The SMILES string of the molecule is Cn1ccnc1C1CNCCN1Cc1csc(-c2cccs2)n1. The number of nitrogens with zero attached hydrogens (tertiary/aromatic N) is 4. The summed E-state index contributed by atoms with van der Waals surface area (Å²) in [7, 11) is 2.06. The zero-order valence-electron chi connectivity index (χ0n) is 13.0. The van der Waals surface area contributed by atoms with Crippen LogP contribution in [0.4, 0.5) is 0 Å². The predicted octanol–water partition coefficient (Wildman–Crippen LogP) is 2.75. The van der Waals surface area contributed by atoms with Crippen LogP contribution in [-0.2, 0) is 13.6 Å². The Labute approximate surface area is 143 Å². The van der Waals surface area contributed by atoms with Crippen LogP contribution in [0.15, 0.2) is 35.3 Å². The first-order chi connectivity index (χ1) is 11.3. The lowest BCUT2D eigenvalue weighted by Crippen LogP contribution is -2.46. The minimum Gasteiger partial charge on any atom is -0.337 e. The van der Waals surface area contributed by atoms with Crippen LogP contribution in [0.25, 0.3) is 9.88 Å². The minimum absolute atomic E-state index is 0.302. The second-order valence-corrected chi connectivity index (χ2v) is 7.51. The highest BCUT2D eigenvalue weighted by Crippen LogP contribution is 2.29. The fourth-order valence-electron chi connectivity index (χ4n) is 2.99. The quantitative estimate of drug-likeness (QED) is 0.790. The highest BCUT2D eigenvalue weighted by Gasteiger charge is 2.27. The number of hydrogen-bond donors (Lipinski definition) is 1. The highest BCUT2D eigenvalue weighted by molar-refractivity contribution is 7.20. The summed E-state index contributed by atoms with van der Waals surface area (Å²) in [5.41, 5.74) is 1.15. The van der Waals surface area contributed by atoms with Crippen LogP contribution in [0.2, 0.25) is 0 Å². The number of aryl methyl sites for hydroxylation is 1. The molecule has 1 aliphatic rings. The first kappa shape index (κ1) is 15.0. The molecule has 120 valence electrons. The maximum atomic E-state index is 4.82. The molecule has 1 N–H and O–H groups in total. The standard InChI is InChI=1S/C16H19N5S2/c1-20-6-5-18-15(20)13-9-17-4-7-21(13)10-12-11-23-16(19-12)14-3-2-8-22-14/h2-3,5-6,8,11,13,17H,4,7,9-10H2,1H3. The summed E-state index contributed by atoms with van der Waals surface area (Å²) in [6, 6.07) is 4.51. The monoisotopic (exact) mass is 345 g/mol. The lowest BCUT2D eigenvalue weighted by molar-refractivity contribution is 0.143. The molecule has 0 aromatic carbocycles. The smallest absolute Gasteiger partial charge is 0.133 e. The van der Waals surface area contributed by atoms with Crippen LogP contribution in [0.3, 0.4) is 0 Å². The van der Waals surface area contributed by atoms with E-state index < -0.39 is 0 Å². The van der Waals surface area contributed by atoms with E-state index in [0.717, 1.165) is 42.7 Å². The third-order valence-electron chi connectivity index (χ3n) is 4.16. The number of aromatic nitrogens is 3. The number of rotatable bonds is 4. The fraction of sp³-hybridized carbons (Fsp3) is 0.375. The number of thiazole rings is 1. The lowest BCUT2D eigenvalue weighted by Gasteiger charge is -2.35. The zero-order valence-corrected chi connectivity index (χ0v) is 14.6. The molecular formula is C16H19N5S2. The van der Waals surface area contributed by atoms with Gasteiger partial charge in [0.25, 0.3) is 0 Å². The topological polar surface area (TPSA) is 46.0 Å². The van der Waals surface area contributed by atoms with Crippen molar-refractivity contribution in [2.45, 2.75) is 12.6 Å². The summed E-state index contributed by atoms with van der Waals surface area (Å²) >= 11 is 3.48. The van der Waals surface area contributed by atoms with Crippen LogP contribution >= 0.6 is 22.7 Å². The van der Waals surface area contributed by atoms with Crippen molar-refractivity contribution in [3.63, 3.8) is 0 Å². The maximum Gasteiger partial charge on any atom is 0.133 e. The average Bonchev–Trinajstić information content (AvgIpc) is 3.29. The summed E-state index contributed by atoms with van der Waals surface area (Å²) in [6.45, 7) is 3.85. The Morgan fingerprint density at radius 2 is 2.35 bits per heavy atom. The number of hydrogen-bond acceptors (Lipinski definition) is 6. The van der Waals surface area contributed by atoms with E-state index in [-0.39, 0.29) is 0 Å². The van der Waals surface area contributed by atoms with Crippen molar-refractivity contribution in [3.05, 3.63) is 46.8 Å². The molecule has 1 saturated heterocycles. The largest absolute Gasteiger partial charge is 0.337 e. The van der Waals surface area contributed by atoms with E-state index >= 15 is 0 Å². The summed E-state index contributed by atoms with van der Waals surface area (Å²) in [4.78, 5) is 13.1. The lowest BCUT2D eigenvalue weighted by atomic mass is 10.1. The number of nitrogens with one attached hydrogen (secondary N) is 1. The van der Waals surface area contributed by atoms with Gasteiger partial charge >= 0.3 is 0 Å². The molecule has 0 radical (unpaired) electrons. The van der Waals surface area contributed by atoms with Crippen LogP contribution in [0, 0.1) is 0 Å². The number of piperazine rings is 1. The van der Waals surface area contributed by atoms with E-state index in [1.165, 1.54) is 4.88 Å². The predicted molar refractivity (Wildman–Crippen MR) is 94.7 cm³/mol. The van der Waals surface area contributed by atoms with E-state index in [2.05, 4.69) is 49.7 Å². The van der Waals surface area contributed by atoms with Gasteiger partial charge in [-0.3, -0.25) is 4.90 Å². The van der Waals surface area contributed by atoms with Crippen molar-refractivity contribution in [2.75, 3.05) is 19.6 Å². The maximum absolute atomic E-state index is 4.82. The van der Waals surface area contributed by atoms with Gasteiger partial charge in [-0.05, 0) is 11.4 Å². The molecule has 3 aromatic rings. The second kappa shape index (κ2) is 6.52. The highest BCUT2D eigenvalue weighted by atomic mass is 32.1. The molecular weight excluding hydrogens is 326 g/mol. The van der Waals surface area contributed by atoms with Gasteiger partial charge in [0.05, 0.1) is 16.6 Å². The Bertz CT molecular complexity index is 761. The third-order valence-corrected chi connectivity index (χ3v) is 6.09. The summed E-state index contributed by atoms with van der Waals surface area (Å²) in [5, 5.41) is 8.89. The van der Waals surface area contributed by atoms with Crippen LogP contribution in [-0.4, -0.2) is 39.1 Å². The van der Waals surface area contributed by atoms with Crippen molar-refractivity contribution >= 4 is 22.7 Å². The van der Waals surface area contributed by atoms with E-state index in [4.69, 9.17) is 4.98 Å². The normalized spacial score (nSPS) is 19.3. The van der Waals surface area contributed by atoms with Gasteiger partial charge in [0, 0.05) is 51.0 Å². The molecule has 1 unspecified atom stereocenters. The molecule has 0 bridgehead atoms. The molecule has 5 nitrogen and oxygen atoms in total. The molecule has 4 heterocycles.